The van der Waals surface area contributed by atoms with Gasteiger partial charge in [0.2, 0.25) is 0 Å². The van der Waals surface area contributed by atoms with Crippen LogP contribution in [-0.4, -0.2) is 6.54 Å². The van der Waals surface area contributed by atoms with Crippen molar-refractivity contribution in [3.63, 3.8) is 0 Å². The third-order valence-corrected chi connectivity index (χ3v) is 3.30. The molecular formula is C16H20N2. The summed E-state index contributed by atoms with van der Waals surface area (Å²) in [6, 6.07) is 14.7. The van der Waals surface area contributed by atoms with Gasteiger partial charge in [0.25, 0.3) is 0 Å². The van der Waals surface area contributed by atoms with Crippen LogP contribution in [0.5, 0.6) is 0 Å². The summed E-state index contributed by atoms with van der Waals surface area (Å²) in [6.45, 7) is 7.24. The van der Waals surface area contributed by atoms with Gasteiger partial charge in [-0.15, -0.1) is 0 Å². The van der Waals surface area contributed by atoms with Crippen molar-refractivity contribution < 1.29 is 0 Å². The number of hydrogen-bond acceptors (Lipinski definition) is 2. The largest absolute Gasteiger partial charge is 0.398 e. The first kappa shape index (κ1) is 12.5. The molecule has 0 amide bonds. The van der Waals surface area contributed by atoms with Crippen molar-refractivity contribution >= 4 is 17.1 Å². The number of benzene rings is 2. The Balaban J connectivity index is 2.45. The number of aryl methyl sites for hydroxylation is 2. The number of hydrogen-bond donors (Lipinski definition) is 1. The minimum atomic E-state index is 0.847. The summed E-state index contributed by atoms with van der Waals surface area (Å²) in [5, 5.41) is 0. The normalized spacial score (nSPS) is 10.4. The van der Waals surface area contributed by atoms with Crippen LogP contribution >= 0.6 is 0 Å². The number of nitrogens with zero attached hydrogens (tertiary/aromatic N) is 1. The van der Waals surface area contributed by atoms with Gasteiger partial charge in [-0.05, 0) is 50.1 Å². The number of rotatable bonds is 3. The molecule has 2 aromatic rings. The van der Waals surface area contributed by atoms with E-state index in [9.17, 15) is 0 Å². The van der Waals surface area contributed by atoms with E-state index >= 15 is 0 Å². The van der Waals surface area contributed by atoms with Gasteiger partial charge < -0.3 is 10.6 Å². The lowest BCUT2D eigenvalue weighted by Crippen LogP contribution is -2.17. The van der Waals surface area contributed by atoms with E-state index in [4.69, 9.17) is 5.73 Å². The second-order valence-electron chi connectivity index (χ2n) is 4.57. The number of nitrogen functional groups attached to an aromatic ring is 1. The van der Waals surface area contributed by atoms with E-state index < -0.39 is 0 Å². The van der Waals surface area contributed by atoms with Crippen LogP contribution in [0.15, 0.2) is 42.5 Å². The van der Waals surface area contributed by atoms with Gasteiger partial charge >= 0.3 is 0 Å². The average molecular weight is 240 g/mol. The Morgan fingerprint density at radius 1 is 1.00 bits per heavy atom. The van der Waals surface area contributed by atoms with Gasteiger partial charge in [0, 0.05) is 23.6 Å². The molecule has 0 aliphatic rings. The minimum Gasteiger partial charge on any atom is -0.398 e. The van der Waals surface area contributed by atoms with Gasteiger partial charge in [0.15, 0.2) is 0 Å². The monoisotopic (exact) mass is 240 g/mol. The van der Waals surface area contributed by atoms with Crippen LogP contribution in [0.2, 0.25) is 0 Å². The number of anilines is 3. The molecular weight excluding hydrogens is 220 g/mol. The first-order chi connectivity index (χ1) is 8.63. The molecule has 94 valence electrons. The Hall–Kier alpha value is -1.96. The highest BCUT2D eigenvalue weighted by molar-refractivity contribution is 5.69. The maximum absolute atomic E-state index is 6.00. The zero-order valence-corrected chi connectivity index (χ0v) is 11.3. The molecule has 0 heterocycles. The lowest BCUT2D eigenvalue weighted by molar-refractivity contribution is 1.02. The fourth-order valence-corrected chi connectivity index (χ4v) is 2.15. The fourth-order valence-electron chi connectivity index (χ4n) is 2.15. The first-order valence-electron chi connectivity index (χ1n) is 6.32. The first-order valence-corrected chi connectivity index (χ1v) is 6.32. The fraction of sp³-hybridized carbons (Fsp3) is 0.250. The van der Waals surface area contributed by atoms with Crippen LogP contribution < -0.4 is 10.6 Å². The van der Waals surface area contributed by atoms with Gasteiger partial charge in [0.1, 0.15) is 0 Å². The summed E-state index contributed by atoms with van der Waals surface area (Å²) in [5.41, 5.74) is 11.6. The highest BCUT2D eigenvalue weighted by Crippen LogP contribution is 2.29. The molecule has 0 unspecified atom stereocenters. The predicted octanol–water partition coefficient (Wildman–Crippen LogP) is 4.04. The molecule has 0 aromatic heterocycles. The van der Waals surface area contributed by atoms with Gasteiger partial charge in [-0.1, -0.05) is 24.3 Å². The van der Waals surface area contributed by atoms with Crippen molar-refractivity contribution in [1.82, 2.24) is 0 Å². The van der Waals surface area contributed by atoms with Crippen LogP contribution in [0.1, 0.15) is 18.1 Å². The molecule has 2 heteroatoms. The summed E-state index contributed by atoms with van der Waals surface area (Å²) in [4.78, 5) is 2.28. The van der Waals surface area contributed by atoms with Gasteiger partial charge in [-0.3, -0.25) is 0 Å². The van der Waals surface area contributed by atoms with E-state index in [0.717, 1.165) is 23.5 Å². The molecule has 0 fully saturated rings. The van der Waals surface area contributed by atoms with Gasteiger partial charge in [0.05, 0.1) is 0 Å². The lowest BCUT2D eigenvalue weighted by atomic mass is 10.1. The summed E-state index contributed by atoms with van der Waals surface area (Å²) in [7, 11) is 0. The van der Waals surface area contributed by atoms with Gasteiger partial charge in [-0.2, -0.15) is 0 Å². The molecule has 0 aliphatic carbocycles. The van der Waals surface area contributed by atoms with Crippen LogP contribution in [0.3, 0.4) is 0 Å². The van der Waals surface area contributed by atoms with Crippen LogP contribution in [0, 0.1) is 13.8 Å². The van der Waals surface area contributed by atoms with E-state index in [-0.39, 0.29) is 0 Å². The lowest BCUT2D eigenvalue weighted by Gasteiger charge is -2.25. The molecule has 0 saturated heterocycles. The van der Waals surface area contributed by atoms with E-state index in [0.29, 0.717) is 0 Å². The second-order valence-corrected chi connectivity index (χ2v) is 4.57. The zero-order valence-electron chi connectivity index (χ0n) is 11.3. The van der Waals surface area contributed by atoms with E-state index in [1.54, 1.807) is 0 Å². The molecule has 0 atom stereocenters. The molecule has 0 radical (unpaired) electrons. The standard InChI is InChI=1S/C16H20N2/c1-4-18(16-8-6-5-7-13(16)3)14-10-9-12(2)15(17)11-14/h5-11H,4,17H2,1-3H3. The minimum absolute atomic E-state index is 0.847. The molecule has 18 heavy (non-hydrogen) atoms. The third-order valence-electron chi connectivity index (χ3n) is 3.30. The smallest absolute Gasteiger partial charge is 0.0440 e. The molecule has 0 bridgehead atoms. The van der Waals surface area contributed by atoms with Gasteiger partial charge in [-0.25, -0.2) is 0 Å². The van der Waals surface area contributed by atoms with Crippen molar-refractivity contribution in [3.8, 4) is 0 Å². The molecule has 2 rings (SSSR count). The Kier molecular flexibility index (Phi) is 3.56. The Labute approximate surface area is 109 Å². The van der Waals surface area contributed by atoms with E-state index in [1.807, 2.05) is 13.0 Å². The number of nitrogens with two attached hydrogens (primary N) is 1. The summed E-state index contributed by atoms with van der Waals surface area (Å²) in [5.74, 6) is 0. The van der Waals surface area contributed by atoms with E-state index in [1.165, 1.54) is 11.3 Å². The van der Waals surface area contributed by atoms with Crippen molar-refractivity contribution in [2.45, 2.75) is 20.8 Å². The molecule has 0 aliphatic heterocycles. The second kappa shape index (κ2) is 5.13. The van der Waals surface area contributed by atoms with Crippen LogP contribution in [0.25, 0.3) is 0 Å². The molecule has 0 saturated carbocycles. The van der Waals surface area contributed by atoms with Crippen molar-refractivity contribution in [3.05, 3.63) is 53.6 Å². The van der Waals surface area contributed by atoms with Crippen LogP contribution in [0.4, 0.5) is 17.1 Å². The van der Waals surface area contributed by atoms with E-state index in [2.05, 4.69) is 55.1 Å². The summed E-state index contributed by atoms with van der Waals surface area (Å²) < 4.78 is 0. The molecule has 0 spiro atoms. The SMILES string of the molecule is CCN(c1ccc(C)c(N)c1)c1ccccc1C. The van der Waals surface area contributed by atoms with Crippen molar-refractivity contribution in [1.29, 1.82) is 0 Å². The topological polar surface area (TPSA) is 29.3 Å². The Morgan fingerprint density at radius 2 is 1.72 bits per heavy atom. The summed E-state index contributed by atoms with van der Waals surface area (Å²) >= 11 is 0. The molecule has 2 nitrogen and oxygen atoms in total. The maximum atomic E-state index is 6.00. The quantitative estimate of drug-likeness (QED) is 0.820. The van der Waals surface area contributed by atoms with Crippen LogP contribution in [-0.2, 0) is 0 Å². The van der Waals surface area contributed by atoms with Crippen molar-refractivity contribution in [2.24, 2.45) is 0 Å². The number of para-hydroxylation sites is 1. The molecule has 2 N–H and O–H groups in total. The Bertz CT molecular complexity index is 547. The summed E-state index contributed by atoms with van der Waals surface area (Å²) in [6.07, 6.45) is 0. The average Bonchev–Trinajstić information content (AvgIpc) is 2.37. The third kappa shape index (κ3) is 2.33. The molecule has 2 aromatic carbocycles. The maximum Gasteiger partial charge on any atom is 0.0440 e. The predicted molar refractivity (Wildman–Crippen MR) is 79.5 cm³/mol. The van der Waals surface area contributed by atoms with Crippen molar-refractivity contribution in [2.75, 3.05) is 17.2 Å². The Morgan fingerprint density at radius 3 is 2.33 bits per heavy atom. The highest BCUT2D eigenvalue weighted by atomic mass is 15.1. The zero-order chi connectivity index (χ0) is 13.1. The highest BCUT2D eigenvalue weighted by Gasteiger charge is 2.09.